The maximum atomic E-state index is 11.6. The average Bonchev–Trinajstić information content (AvgIpc) is 2.57. The standard InChI is InChI=1S/C20H39N3O3/c1-6-19(26)16-23(5)14-10-9-13-22(4)12-8-7-11-20(18(3)25)21-15-17(2)24/h20-21H,6-16H2,1-5H3. The highest BCUT2D eigenvalue weighted by Crippen LogP contribution is 2.04. The predicted octanol–water partition coefficient (Wildman–Crippen LogP) is 1.92. The largest absolute Gasteiger partial charge is 0.306 e. The maximum absolute atomic E-state index is 11.6. The summed E-state index contributed by atoms with van der Waals surface area (Å²) in [5.74, 6) is 0.456. The van der Waals surface area contributed by atoms with Crippen molar-refractivity contribution in [1.29, 1.82) is 0 Å². The van der Waals surface area contributed by atoms with Crippen molar-refractivity contribution >= 4 is 17.3 Å². The molecule has 0 saturated heterocycles. The maximum Gasteiger partial charge on any atom is 0.146 e. The number of unbranched alkanes of at least 4 members (excludes halogenated alkanes) is 2. The Labute approximate surface area is 159 Å². The van der Waals surface area contributed by atoms with Gasteiger partial charge in [-0.3, -0.25) is 19.3 Å². The number of Topliss-reactive ketones (excluding diaryl/α,β-unsaturated/α-hetero) is 3. The molecule has 0 amide bonds. The summed E-state index contributed by atoms with van der Waals surface area (Å²) in [6, 6.07) is -0.203. The predicted molar refractivity (Wildman–Crippen MR) is 107 cm³/mol. The highest BCUT2D eigenvalue weighted by Gasteiger charge is 2.13. The lowest BCUT2D eigenvalue weighted by Crippen LogP contribution is -2.38. The van der Waals surface area contributed by atoms with Crippen LogP contribution in [0.3, 0.4) is 0 Å². The van der Waals surface area contributed by atoms with Crippen molar-refractivity contribution in [3.05, 3.63) is 0 Å². The monoisotopic (exact) mass is 369 g/mol. The Morgan fingerprint density at radius 3 is 1.92 bits per heavy atom. The summed E-state index contributed by atoms with van der Waals surface area (Å²) in [6.45, 7) is 8.86. The van der Waals surface area contributed by atoms with Crippen LogP contribution in [0.4, 0.5) is 0 Å². The molecule has 1 atom stereocenters. The molecule has 0 heterocycles. The van der Waals surface area contributed by atoms with E-state index in [0.717, 1.165) is 51.7 Å². The van der Waals surface area contributed by atoms with Crippen molar-refractivity contribution in [2.75, 3.05) is 46.8 Å². The third-order valence-corrected chi connectivity index (χ3v) is 4.54. The average molecular weight is 370 g/mol. The van der Waals surface area contributed by atoms with E-state index in [4.69, 9.17) is 0 Å². The van der Waals surface area contributed by atoms with Crippen molar-refractivity contribution in [2.45, 2.75) is 65.3 Å². The van der Waals surface area contributed by atoms with Gasteiger partial charge in [-0.1, -0.05) is 13.3 Å². The van der Waals surface area contributed by atoms with Crippen LogP contribution in [0.2, 0.25) is 0 Å². The van der Waals surface area contributed by atoms with E-state index < -0.39 is 0 Å². The summed E-state index contributed by atoms with van der Waals surface area (Å²) in [5, 5.41) is 3.04. The molecule has 152 valence electrons. The van der Waals surface area contributed by atoms with E-state index in [2.05, 4.69) is 22.2 Å². The second-order valence-electron chi connectivity index (χ2n) is 7.38. The lowest BCUT2D eigenvalue weighted by molar-refractivity contribution is -0.120. The van der Waals surface area contributed by atoms with Gasteiger partial charge >= 0.3 is 0 Å². The topological polar surface area (TPSA) is 69.7 Å². The molecule has 0 aliphatic carbocycles. The van der Waals surface area contributed by atoms with Gasteiger partial charge in [-0.15, -0.1) is 0 Å². The summed E-state index contributed by atoms with van der Waals surface area (Å²) in [7, 11) is 4.13. The molecule has 6 heteroatoms. The number of ketones is 3. The van der Waals surface area contributed by atoms with Crippen LogP contribution >= 0.6 is 0 Å². The first-order chi connectivity index (χ1) is 12.3. The van der Waals surface area contributed by atoms with Crippen LogP contribution in [0, 0.1) is 0 Å². The molecule has 0 bridgehead atoms. The zero-order valence-corrected chi connectivity index (χ0v) is 17.5. The summed E-state index contributed by atoms with van der Waals surface area (Å²) < 4.78 is 0. The number of likely N-dealkylation sites (N-methyl/N-ethyl adjacent to an activating group) is 1. The van der Waals surface area contributed by atoms with E-state index in [-0.39, 0.29) is 24.2 Å². The van der Waals surface area contributed by atoms with Gasteiger partial charge in [0.2, 0.25) is 0 Å². The molecule has 0 aliphatic rings. The van der Waals surface area contributed by atoms with Crippen LogP contribution < -0.4 is 5.32 Å². The second-order valence-corrected chi connectivity index (χ2v) is 7.38. The minimum Gasteiger partial charge on any atom is -0.306 e. The highest BCUT2D eigenvalue weighted by atomic mass is 16.1. The number of hydrogen-bond donors (Lipinski definition) is 1. The summed E-state index contributed by atoms with van der Waals surface area (Å²) >= 11 is 0. The number of carbonyl (C=O) groups excluding carboxylic acids is 3. The molecule has 0 aromatic rings. The molecule has 0 aliphatic heterocycles. The minimum atomic E-state index is -0.203. The lowest BCUT2D eigenvalue weighted by Gasteiger charge is -2.19. The Hall–Kier alpha value is -1.11. The van der Waals surface area contributed by atoms with E-state index in [9.17, 15) is 14.4 Å². The number of carbonyl (C=O) groups is 3. The van der Waals surface area contributed by atoms with E-state index in [0.29, 0.717) is 18.7 Å². The Morgan fingerprint density at radius 1 is 0.885 bits per heavy atom. The molecule has 0 rings (SSSR count). The van der Waals surface area contributed by atoms with Crippen LogP contribution in [-0.4, -0.2) is 80.0 Å². The normalized spacial score (nSPS) is 12.6. The lowest BCUT2D eigenvalue weighted by atomic mass is 10.1. The van der Waals surface area contributed by atoms with Crippen molar-refractivity contribution < 1.29 is 14.4 Å². The summed E-state index contributed by atoms with van der Waals surface area (Å²) in [4.78, 5) is 38.4. The first-order valence-electron chi connectivity index (χ1n) is 9.88. The fourth-order valence-electron chi connectivity index (χ4n) is 2.81. The molecule has 1 unspecified atom stereocenters. The van der Waals surface area contributed by atoms with E-state index in [1.54, 1.807) is 6.92 Å². The summed E-state index contributed by atoms with van der Waals surface area (Å²) in [5.41, 5.74) is 0. The van der Waals surface area contributed by atoms with Gasteiger partial charge in [0, 0.05) is 6.42 Å². The third-order valence-electron chi connectivity index (χ3n) is 4.54. The second kappa shape index (κ2) is 15.0. The van der Waals surface area contributed by atoms with Gasteiger partial charge in [0.05, 0.1) is 19.1 Å². The van der Waals surface area contributed by atoms with Crippen molar-refractivity contribution in [3.63, 3.8) is 0 Å². The molecule has 0 fully saturated rings. The Morgan fingerprint density at radius 2 is 1.42 bits per heavy atom. The van der Waals surface area contributed by atoms with Gasteiger partial charge in [-0.2, -0.15) is 0 Å². The van der Waals surface area contributed by atoms with Crippen molar-refractivity contribution in [1.82, 2.24) is 15.1 Å². The minimum absolute atomic E-state index is 0.0562. The van der Waals surface area contributed by atoms with E-state index >= 15 is 0 Å². The smallest absolute Gasteiger partial charge is 0.146 e. The van der Waals surface area contributed by atoms with Crippen LogP contribution in [0.15, 0.2) is 0 Å². The molecular weight excluding hydrogens is 330 g/mol. The Bertz CT molecular complexity index is 427. The zero-order valence-electron chi connectivity index (χ0n) is 17.5. The number of nitrogens with one attached hydrogen (secondary N) is 1. The van der Waals surface area contributed by atoms with Gasteiger partial charge in [0.25, 0.3) is 0 Å². The Balaban J connectivity index is 3.75. The molecule has 1 N–H and O–H groups in total. The molecule has 0 saturated carbocycles. The molecule has 6 nitrogen and oxygen atoms in total. The highest BCUT2D eigenvalue weighted by molar-refractivity contribution is 5.83. The molecule has 0 aromatic carbocycles. The molecular formula is C20H39N3O3. The van der Waals surface area contributed by atoms with Gasteiger partial charge in [0.15, 0.2) is 0 Å². The van der Waals surface area contributed by atoms with Crippen LogP contribution in [0.25, 0.3) is 0 Å². The zero-order chi connectivity index (χ0) is 19.9. The van der Waals surface area contributed by atoms with Gasteiger partial charge in [0.1, 0.15) is 17.3 Å². The van der Waals surface area contributed by atoms with Gasteiger partial charge in [-0.05, 0) is 73.3 Å². The fourth-order valence-corrected chi connectivity index (χ4v) is 2.81. The molecule has 0 aromatic heterocycles. The first-order valence-corrected chi connectivity index (χ1v) is 9.88. The number of hydrogen-bond acceptors (Lipinski definition) is 6. The first kappa shape index (κ1) is 24.9. The third kappa shape index (κ3) is 14.1. The number of nitrogens with zero attached hydrogens (tertiary/aromatic N) is 2. The van der Waals surface area contributed by atoms with Crippen molar-refractivity contribution in [2.24, 2.45) is 0 Å². The van der Waals surface area contributed by atoms with Crippen LogP contribution in [-0.2, 0) is 14.4 Å². The van der Waals surface area contributed by atoms with Gasteiger partial charge < -0.3 is 10.2 Å². The molecule has 0 radical (unpaired) electrons. The Kier molecular flexibility index (Phi) is 14.4. The van der Waals surface area contributed by atoms with E-state index in [1.165, 1.54) is 6.92 Å². The molecule has 0 spiro atoms. The SMILES string of the molecule is CCC(=O)CN(C)CCCCN(C)CCCCC(NCC(C)=O)C(C)=O. The fraction of sp³-hybridized carbons (Fsp3) is 0.850. The summed E-state index contributed by atoms with van der Waals surface area (Å²) in [6.07, 6.45) is 5.64. The van der Waals surface area contributed by atoms with Crippen LogP contribution in [0.1, 0.15) is 59.3 Å². The quantitative estimate of drug-likeness (QED) is 0.395. The van der Waals surface area contributed by atoms with Crippen LogP contribution in [0.5, 0.6) is 0 Å². The van der Waals surface area contributed by atoms with E-state index in [1.807, 2.05) is 14.0 Å². The van der Waals surface area contributed by atoms with Crippen molar-refractivity contribution in [3.8, 4) is 0 Å². The number of rotatable bonds is 17. The van der Waals surface area contributed by atoms with Gasteiger partial charge in [-0.25, -0.2) is 0 Å². The molecule has 26 heavy (non-hydrogen) atoms.